The summed E-state index contributed by atoms with van der Waals surface area (Å²) in [6.07, 6.45) is 3.48. The van der Waals surface area contributed by atoms with Crippen molar-refractivity contribution >= 4 is 34.8 Å². The molecular weight excluding hydrogens is 516 g/mol. The number of carbonyl (C=O) groups excluding carboxylic acids is 4. The highest BCUT2D eigenvalue weighted by molar-refractivity contribution is 6.25. The van der Waals surface area contributed by atoms with Crippen molar-refractivity contribution < 1.29 is 33.9 Å². The molecule has 3 aliphatic carbocycles. The van der Waals surface area contributed by atoms with Crippen molar-refractivity contribution in [1.29, 1.82) is 0 Å². The summed E-state index contributed by atoms with van der Waals surface area (Å²) in [5.74, 6) is -4.02. The summed E-state index contributed by atoms with van der Waals surface area (Å²) in [6.45, 7) is 1.57. The first-order valence-corrected chi connectivity index (χ1v) is 12.8. The van der Waals surface area contributed by atoms with Crippen LogP contribution in [0.2, 0.25) is 0 Å². The number of ether oxygens (including phenoxy) is 1. The monoisotopic (exact) mass is 540 g/mol. The molecule has 1 N–H and O–H groups in total. The van der Waals surface area contributed by atoms with Crippen LogP contribution in [0.3, 0.4) is 0 Å². The molecule has 4 aliphatic rings. The number of non-ortho nitro benzene ring substituents is 1. The van der Waals surface area contributed by atoms with Crippen LogP contribution in [0.4, 0.5) is 11.4 Å². The average Bonchev–Trinajstić information content (AvgIpc) is 3.20. The van der Waals surface area contributed by atoms with Crippen LogP contribution in [-0.2, 0) is 19.2 Å². The Morgan fingerprint density at radius 3 is 2.42 bits per heavy atom. The van der Waals surface area contributed by atoms with Crippen LogP contribution in [0.25, 0.3) is 0 Å². The van der Waals surface area contributed by atoms with Crippen molar-refractivity contribution in [3.05, 3.63) is 92.6 Å². The van der Waals surface area contributed by atoms with E-state index in [0.717, 1.165) is 4.90 Å². The lowest BCUT2D eigenvalue weighted by Gasteiger charge is -2.42. The summed E-state index contributed by atoms with van der Waals surface area (Å²) in [6, 6.07) is 9.88. The summed E-state index contributed by atoms with van der Waals surface area (Å²) < 4.78 is 5.37. The highest BCUT2D eigenvalue weighted by Crippen LogP contribution is 2.56. The van der Waals surface area contributed by atoms with Gasteiger partial charge >= 0.3 is 0 Å². The smallest absolute Gasteiger partial charge is 0.269 e. The molecule has 0 bridgehead atoms. The zero-order valence-corrected chi connectivity index (χ0v) is 21.6. The molecule has 0 unspecified atom stereocenters. The maximum atomic E-state index is 13.9. The number of aromatic hydroxyl groups is 1. The first-order chi connectivity index (χ1) is 19.1. The molecule has 0 radical (unpaired) electrons. The first-order valence-electron chi connectivity index (χ1n) is 12.8. The minimum absolute atomic E-state index is 0.0879. The molecule has 1 aliphatic heterocycles. The number of hydrogen-bond donors (Lipinski definition) is 1. The van der Waals surface area contributed by atoms with Crippen LogP contribution in [0.1, 0.15) is 31.2 Å². The largest absolute Gasteiger partial charge is 0.508 e. The summed E-state index contributed by atoms with van der Waals surface area (Å²) in [7, 11) is 1.48. The van der Waals surface area contributed by atoms with Crippen molar-refractivity contribution in [2.24, 2.45) is 17.8 Å². The van der Waals surface area contributed by atoms with Gasteiger partial charge in [0.05, 0.1) is 29.6 Å². The van der Waals surface area contributed by atoms with E-state index in [1.54, 1.807) is 19.1 Å². The normalized spacial score (nSPS) is 25.7. The number of amides is 2. The molecule has 1 heterocycles. The van der Waals surface area contributed by atoms with E-state index in [0.29, 0.717) is 22.5 Å². The second kappa shape index (κ2) is 9.11. The molecule has 4 atom stereocenters. The summed E-state index contributed by atoms with van der Waals surface area (Å²) in [4.78, 5) is 65.7. The second-order valence-electron chi connectivity index (χ2n) is 10.4. The molecule has 2 amide bonds. The third kappa shape index (κ3) is 3.63. The van der Waals surface area contributed by atoms with Crippen LogP contribution in [0, 0.1) is 27.9 Å². The van der Waals surface area contributed by atoms with E-state index in [-0.39, 0.29) is 52.7 Å². The number of nitro benzene ring substituents is 1. The number of Topliss-reactive ketones (excluding diaryl/α,β-unsaturated/α-hetero) is 1. The first kappa shape index (κ1) is 25.4. The number of imide groups is 1. The zero-order valence-electron chi connectivity index (χ0n) is 21.6. The molecule has 2 aromatic carbocycles. The van der Waals surface area contributed by atoms with Gasteiger partial charge in [0.2, 0.25) is 11.8 Å². The molecule has 0 aromatic heterocycles. The molecule has 6 rings (SSSR count). The van der Waals surface area contributed by atoms with Gasteiger partial charge in [-0.3, -0.25) is 34.2 Å². The van der Waals surface area contributed by atoms with Crippen LogP contribution in [-0.4, -0.2) is 40.5 Å². The van der Waals surface area contributed by atoms with E-state index in [2.05, 4.69) is 0 Å². The van der Waals surface area contributed by atoms with Crippen molar-refractivity contribution in [2.45, 2.75) is 25.7 Å². The number of hydrogen-bond acceptors (Lipinski definition) is 8. The van der Waals surface area contributed by atoms with E-state index in [1.807, 2.05) is 6.08 Å². The van der Waals surface area contributed by atoms with Crippen molar-refractivity contribution in [2.75, 3.05) is 12.0 Å². The number of nitrogens with zero attached hydrogens (tertiary/aromatic N) is 2. The topological polar surface area (TPSA) is 144 Å². The third-order valence-electron chi connectivity index (χ3n) is 8.43. The van der Waals surface area contributed by atoms with Gasteiger partial charge in [-0.15, -0.1) is 0 Å². The second-order valence-corrected chi connectivity index (χ2v) is 10.4. The van der Waals surface area contributed by atoms with Crippen molar-refractivity contribution in [1.82, 2.24) is 0 Å². The maximum Gasteiger partial charge on any atom is 0.269 e. The number of anilines is 1. The van der Waals surface area contributed by atoms with E-state index in [9.17, 15) is 34.4 Å². The molecule has 10 heteroatoms. The number of allylic oxidation sites excluding steroid dienone is 6. The molecule has 2 aromatic rings. The molecule has 1 fully saturated rings. The van der Waals surface area contributed by atoms with Crippen LogP contribution in [0.15, 0.2) is 76.9 Å². The lowest BCUT2D eigenvalue weighted by molar-refractivity contribution is -0.384. The van der Waals surface area contributed by atoms with E-state index in [4.69, 9.17) is 4.74 Å². The standard InChI is InChI=1S/C30H24N2O8/c1-14-11-24(34)22-13-20-18(25(27(22)28(14)35)21-12-17(40-2)7-10-23(21)33)8-9-19-26(20)30(37)31(29(19)36)15-3-5-16(6-4-15)32(38)39/h3-8,10-12,19-20,25-26,33H,9,13H2,1-2H3/t19-,20+,25+,26-/m0/s1. The molecule has 40 heavy (non-hydrogen) atoms. The lowest BCUT2D eigenvalue weighted by Crippen LogP contribution is -2.39. The van der Waals surface area contributed by atoms with Gasteiger partial charge in [-0.05, 0) is 62.1 Å². The van der Waals surface area contributed by atoms with E-state index >= 15 is 0 Å². The van der Waals surface area contributed by atoms with Crippen LogP contribution < -0.4 is 9.64 Å². The Balaban J connectivity index is 1.47. The van der Waals surface area contributed by atoms with E-state index < -0.39 is 40.4 Å². The van der Waals surface area contributed by atoms with Crippen LogP contribution in [0.5, 0.6) is 11.5 Å². The highest BCUT2D eigenvalue weighted by atomic mass is 16.6. The van der Waals surface area contributed by atoms with Crippen molar-refractivity contribution in [3.63, 3.8) is 0 Å². The SMILES string of the molecule is COc1ccc(O)c([C@H]2C3=CC[C@@H]4C(=O)N(c5ccc([N+](=O)[O-])cc5)C(=O)[C@@H]4[C@@H]3CC3=C2C(=O)C(C)=CC3=O)c1. The fourth-order valence-electron chi connectivity index (χ4n) is 6.59. The number of phenols is 1. The van der Waals surface area contributed by atoms with Gasteiger partial charge in [0, 0.05) is 40.3 Å². The highest BCUT2D eigenvalue weighted by Gasteiger charge is 2.56. The van der Waals surface area contributed by atoms with Gasteiger partial charge in [0.1, 0.15) is 11.5 Å². The molecule has 0 spiro atoms. The number of methoxy groups -OCH3 is 1. The summed E-state index contributed by atoms with van der Waals surface area (Å²) in [5, 5.41) is 22.0. The average molecular weight is 541 g/mol. The quantitative estimate of drug-likeness (QED) is 0.202. The summed E-state index contributed by atoms with van der Waals surface area (Å²) >= 11 is 0. The van der Waals surface area contributed by atoms with Gasteiger partial charge in [-0.25, -0.2) is 0 Å². The fraction of sp³-hybridized carbons (Fsp3) is 0.267. The molecule has 202 valence electrons. The Bertz CT molecular complexity index is 1630. The zero-order chi connectivity index (χ0) is 28.5. The molecule has 1 saturated heterocycles. The Morgan fingerprint density at radius 2 is 1.75 bits per heavy atom. The Labute approximate surface area is 228 Å². The van der Waals surface area contributed by atoms with Gasteiger partial charge in [-0.2, -0.15) is 0 Å². The number of ketones is 2. The third-order valence-corrected chi connectivity index (χ3v) is 8.43. The van der Waals surface area contributed by atoms with Gasteiger partial charge in [0.15, 0.2) is 11.6 Å². The lowest BCUT2D eigenvalue weighted by atomic mass is 9.59. The number of carbonyl (C=O) groups is 4. The van der Waals surface area contributed by atoms with Gasteiger partial charge in [-0.1, -0.05) is 11.6 Å². The molecule has 0 saturated carbocycles. The number of phenolic OH excluding ortho intramolecular Hbond substituents is 1. The van der Waals surface area contributed by atoms with Gasteiger partial charge in [0.25, 0.3) is 5.69 Å². The minimum atomic E-state index is -0.804. The molecular formula is C30H24N2O8. The van der Waals surface area contributed by atoms with Gasteiger partial charge < -0.3 is 9.84 Å². The molecule has 10 nitrogen and oxygen atoms in total. The number of nitro groups is 1. The van der Waals surface area contributed by atoms with Crippen molar-refractivity contribution in [3.8, 4) is 11.5 Å². The maximum absolute atomic E-state index is 13.9. The predicted molar refractivity (Wildman–Crippen MR) is 142 cm³/mol. The van der Waals surface area contributed by atoms with Crippen LogP contribution >= 0.6 is 0 Å². The number of benzene rings is 2. The number of rotatable bonds is 4. The Kier molecular flexibility index (Phi) is 5.79. The Hall–Kier alpha value is -4.86. The Morgan fingerprint density at radius 1 is 1.02 bits per heavy atom. The number of fused-ring (bicyclic) bond motifs is 3. The predicted octanol–water partition coefficient (Wildman–Crippen LogP) is 3.94. The minimum Gasteiger partial charge on any atom is -0.508 e. The van der Waals surface area contributed by atoms with E-state index in [1.165, 1.54) is 43.5 Å². The summed E-state index contributed by atoms with van der Waals surface area (Å²) in [5.41, 5.74) is 1.99. The fourth-order valence-corrected chi connectivity index (χ4v) is 6.59.